The molecule has 0 amide bonds. The third kappa shape index (κ3) is 76.5. The molecule has 0 aromatic rings. The summed E-state index contributed by atoms with van der Waals surface area (Å²) in [5.41, 5.74) is 0. The molecule has 92 heavy (non-hydrogen) atoms. The summed E-state index contributed by atoms with van der Waals surface area (Å²) < 4.78 is 34.4. The first-order valence-electron chi connectivity index (χ1n) is 39.6. The number of quaternary nitrogens is 1. The van der Waals surface area contributed by atoms with Crippen molar-refractivity contribution < 1.29 is 42.1 Å². The summed E-state index contributed by atoms with van der Waals surface area (Å²) in [7, 11) is 1.18. The van der Waals surface area contributed by atoms with Crippen molar-refractivity contribution in [1.29, 1.82) is 0 Å². The normalized spacial score (nSPS) is 13.4. The van der Waals surface area contributed by atoms with Crippen molar-refractivity contribution >= 4 is 19.8 Å². The zero-order valence-corrected chi connectivity index (χ0v) is 62.4. The van der Waals surface area contributed by atoms with Gasteiger partial charge < -0.3 is 27.9 Å². The number of ether oxygens (including phenoxy) is 2. The number of hydrogen-bond acceptors (Lipinski definition) is 8. The van der Waals surface area contributed by atoms with Gasteiger partial charge in [-0.1, -0.05) is 363 Å². The number of phosphoric ester groups is 1. The number of nitrogens with zero attached hydrogens (tertiary/aromatic N) is 1. The second-order valence-corrected chi connectivity index (χ2v) is 29.5. The van der Waals surface area contributed by atoms with Crippen LogP contribution in [0.1, 0.15) is 386 Å². The first-order chi connectivity index (χ1) is 45.0. The van der Waals surface area contributed by atoms with E-state index >= 15 is 0 Å². The number of unbranched alkanes of at least 4 members (excludes halogenated alkanes) is 48. The summed E-state index contributed by atoms with van der Waals surface area (Å²) in [5, 5.41) is 0. The Bertz CT molecular complexity index is 1780. The predicted molar refractivity (Wildman–Crippen MR) is 397 cm³/mol. The topological polar surface area (TPSA) is 111 Å². The van der Waals surface area contributed by atoms with Crippen molar-refractivity contribution in [2.24, 2.45) is 0 Å². The second kappa shape index (κ2) is 72.7. The first kappa shape index (κ1) is 89.5. The van der Waals surface area contributed by atoms with Crippen molar-refractivity contribution in [3.63, 3.8) is 0 Å². The quantitative estimate of drug-likeness (QED) is 0.0195. The average Bonchev–Trinajstić information content (AvgIpc) is 2.14. The van der Waals surface area contributed by atoms with E-state index in [9.17, 15) is 19.0 Å². The lowest BCUT2D eigenvalue weighted by Crippen LogP contribution is -2.37. The number of hydrogen-bond donors (Lipinski definition) is 0. The molecule has 0 spiro atoms. The molecule has 0 aromatic carbocycles. The molecule has 0 aliphatic carbocycles. The van der Waals surface area contributed by atoms with Crippen molar-refractivity contribution in [2.45, 2.75) is 392 Å². The molecule has 0 bridgehead atoms. The standard InChI is InChI=1S/C82H152NO8P/c1-6-8-10-12-14-16-18-20-22-24-26-28-30-32-34-36-37-38-39-40-41-42-43-44-45-47-49-51-53-55-57-59-61-63-65-67-69-71-73-75-82(85)91-80(79-90-92(86,87)89-77-76-83(3,4)5)78-88-81(84)74-72-70-68-66-64-62-60-58-56-54-52-50-48-46-35-33-31-29-27-25-23-21-19-17-15-13-11-9-7-2/h8,10,14,16,19-22,25-28,80H,6-7,9,11-13,15,17-18,23-24,29-79H2,1-5H3/b10-8-,16-14-,21-19-,22-20-,27-25-,28-26-. The summed E-state index contributed by atoms with van der Waals surface area (Å²) in [5.74, 6) is -0.812. The van der Waals surface area contributed by atoms with Gasteiger partial charge in [-0.3, -0.25) is 14.2 Å². The van der Waals surface area contributed by atoms with Gasteiger partial charge in [0.1, 0.15) is 19.8 Å². The molecule has 0 saturated heterocycles. The molecule has 10 heteroatoms. The highest BCUT2D eigenvalue weighted by atomic mass is 31.2. The lowest BCUT2D eigenvalue weighted by Gasteiger charge is -2.28. The molecule has 0 N–H and O–H groups in total. The maximum atomic E-state index is 12.9. The zero-order valence-electron chi connectivity index (χ0n) is 61.5. The summed E-state index contributed by atoms with van der Waals surface area (Å²) in [6.45, 7) is 4.18. The van der Waals surface area contributed by atoms with Gasteiger partial charge in [0.15, 0.2) is 6.10 Å². The molecule has 0 rings (SSSR count). The summed E-state index contributed by atoms with van der Waals surface area (Å²) in [6.07, 6.45) is 98.8. The van der Waals surface area contributed by atoms with Crippen molar-refractivity contribution in [2.75, 3.05) is 47.5 Å². The van der Waals surface area contributed by atoms with Crippen molar-refractivity contribution in [1.82, 2.24) is 0 Å². The molecule has 2 unspecified atom stereocenters. The van der Waals surface area contributed by atoms with Crippen LogP contribution in [-0.4, -0.2) is 70.0 Å². The van der Waals surface area contributed by atoms with Crippen LogP contribution in [0.25, 0.3) is 0 Å². The van der Waals surface area contributed by atoms with Gasteiger partial charge in [0.25, 0.3) is 7.82 Å². The molecule has 0 radical (unpaired) electrons. The number of carbonyl (C=O) groups excluding carboxylic acids is 2. The third-order valence-electron chi connectivity index (χ3n) is 17.7. The van der Waals surface area contributed by atoms with Crippen molar-refractivity contribution in [3.8, 4) is 0 Å². The van der Waals surface area contributed by atoms with Crippen LogP contribution in [0.5, 0.6) is 0 Å². The van der Waals surface area contributed by atoms with Gasteiger partial charge in [0.05, 0.1) is 27.7 Å². The Morgan fingerprint density at radius 1 is 0.348 bits per heavy atom. The minimum atomic E-state index is -4.64. The molecule has 0 aromatic heterocycles. The van der Waals surface area contributed by atoms with Crippen LogP contribution in [0.2, 0.25) is 0 Å². The van der Waals surface area contributed by atoms with Gasteiger partial charge >= 0.3 is 11.9 Å². The van der Waals surface area contributed by atoms with Gasteiger partial charge in [0.2, 0.25) is 0 Å². The highest BCUT2D eigenvalue weighted by molar-refractivity contribution is 7.45. The van der Waals surface area contributed by atoms with E-state index < -0.39 is 26.5 Å². The fourth-order valence-corrected chi connectivity index (χ4v) is 12.4. The van der Waals surface area contributed by atoms with E-state index in [1.165, 1.54) is 289 Å². The first-order valence-corrected chi connectivity index (χ1v) is 41.1. The smallest absolute Gasteiger partial charge is 0.306 e. The van der Waals surface area contributed by atoms with Crippen molar-refractivity contribution in [3.05, 3.63) is 72.9 Å². The van der Waals surface area contributed by atoms with E-state index in [1.807, 2.05) is 21.1 Å². The molecular weight excluding hydrogens is 1160 g/mol. The van der Waals surface area contributed by atoms with E-state index in [2.05, 4.69) is 86.8 Å². The van der Waals surface area contributed by atoms with Gasteiger partial charge in [-0.15, -0.1) is 0 Å². The highest BCUT2D eigenvalue weighted by Crippen LogP contribution is 2.38. The summed E-state index contributed by atoms with van der Waals surface area (Å²) in [6, 6.07) is 0. The molecule has 0 fully saturated rings. The van der Waals surface area contributed by atoms with Crippen LogP contribution in [0, 0.1) is 0 Å². The Morgan fingerprint density at radius 3 is 0.924 bits per heavy atom. The zero-order chi connectivity index (χ0) is 66.9. The molecule has 9 nitrogen and oxygen atoms in total. The van der Waals surface area contributed by atoms with Crippen LogP contribution in [0.4, 0.5) is 0 Å². The molecular formula is C82H152NO8P. The third-order valence-corrected chi connectivity index (χ3v) is 18.7. The number of rotatable bonds is 74. The minimum Gasteiger partial charge on any atom is -0.756 e. The van der Waals surface area contributed by atoms with Gasteiger partial charge in [0, 0.05) is 12.8 Å². The molecule has 0 heterocycles. The Kier molecular flexibility index (Phi) is 70.7. The molecule has 2 atom stereocenters. The SMILES string of the molecule is CC/C=C\C/C=C\C/C=C\C/C=C\CCCCCCCCCCCCCCCCCCCCCCCCCCCCC(=O)OC(COC(=O)CCCCCCCCCCCCCCCCCCC/C=C\C/C=C\CCCCCCC)COP(=O)([O-])OCC[N+](C)(C)C. The molecule has 538 valence electrons. The highest BCUT2D eigenvalue weighted by Gasteiger charge is 2.22. The number of allylic oxidation sites excluding steroid dienone is 12. The number of esters is 2. The van der Waals surface area contributed by atoms with Gasteiger partial charge in [-0.05, 0) is 83.5 Å². The predicted octanol–water partition coefficient (Wildman–Crippen LogP) is 25.7. The minimum absolute atomic E-state index is 0.0290. The second-order valence-electron chi connectivity index (χ2n) is 28.0. The Hall–Kier alpha value is -2.55. The number of phosphoric acid groups is 1. The van der Waals surface area contributed by atoms with Crippen LogP contribution in [-0.2, 0) is 32.7 Å². The van der Waals surface area contributed by atoms with Crippen LogP contribution >= 0.6 is 7.82 Å². The Labute approximate surface area is 571 Å². The van der Waals surface area contributed by atoms with Crippen LogP contribution in [0.15, 0.2) is 72.9 Å². The van der Waals surface area contributed by atoms with E-state index in [4.69, 9.17) is 18.5 Å². The maximum absolute atomic E-state index is 12.9. The fourth-order valence-electron chi connectivity index (χ4n) is 11.7. The van der Waals surface area contributed by atoms with Crippen LogP contribution < -0.4 is 4.89 Å². The van der Waals surface area contributed by atoms with E-state index in [0.29, 0.717) is 17.4 Å². The molecule has 0 aliphatic rings. The summed E-state index contributed by atoms with van der Waals surface area (Å²) >= 11 is 0. The summed E-state index contributed by atoms with van der Waals surface area (Å²) in [4.78, 5) is 38.2. The van der Waals surface area contributed by atoms with E-state index in [-0.39, 0.29) is 32.0 Å². The van der Waals surface area contributed by atoms with E-state index in [1.54, 1.807) is 0 Å². The Morgan fingerprint density at radius 2 is 0.620 bits per heavy atom. The van der Waals surface area contributed by atoms with Gasteiger partial charge in [-0.2, -0.15) is 0 Å². The number of likely N-dealkylation sites (N-methyl/N-ethyl adjacent to an activating group) is 1. The lowest BCUT2D eigenvalue weighted by molar-refractivity contribution is -0.870. The van der Waals surface area contributed by atoms with Crippen LogP contribution in [0.3, 0.4) is 0 Å². The van der Waals surface area contributed by atoms with Gasteiger partial charge in [-0.25, -0.2) is 0 Å². The molecule has 0 aliphatic heterocycles. The van der Waals surface area contributed by atoms with E-state index in [0.717, 1.165) is 64.2 Å². The Balaban J connectivity index is 3.91. The fraction of sp³-hybridized carbons (Fsp3) is 0.829. The maximum Gasteiger partial charge on any atom is 0.306 e. The monoisotopic (exact) mass is 1310 g/mol. The number of carbonyl (C=O) groups is 2. The largest absolute Gasteiger partial charge is 0.756 e. The lowest BCUT2D eigenvalue weighted by atomic mass is 10.0. The average molecular weight is 1310 g/mol. The molecule has 0 saturated carbocycles.